The summed E-state index contributed by atoms with van der Waals surface area (Å²) < 4.78 is 5.38. The highest BCUT2D eigenvalue weighted by molar-refractivity contribution is 6.29. The molecule has 124 valence electrons. The van der Waals surface area contributed by atoms with E-state index in [0.717, 1.165) is 12.0 Å². The van der Waals surface area contributed by atoms with E-state index in [9.17, 15) is 9.59 Å². The van der Waals surface area contributed by atoms with E-state index in [1.165, 1.54) is 6.20 Å². The van der Waals surface area contributed by atoms with Gasteiger partial charge >= 0.3 is 5.97 Å². The molecule has 0 spiro atoms. The lowest BCUT2D eigenvalue weighted by Crippen LogP contribution is -2.41. The van der Waals surface area contributed by atoms with Crippen LogP contribution in [-0.2, 0) is 16.1 Å². The van der Waals surface area contributed by atoms with Crippen LogP contribution in [0.15, 0.2) is 48.7 Å². The zero-order chi connectivity index (χ0) is 16.9. The molecule has 24 heavy (non-hydrogen) atoms. The molecular weight excluding hydrogens is 328 g/mol. The minimum absolute atomic E-state index is 0.209. The average Bonchev–Trinajstić information content (AvgIpc) is 3.10. The molecule has 1 amide bonds. The highest BCUT2D eigenvalue weighted by Crippen LogP contribution is 2.22. The summed E-state index contributed by atoms with van der Waals surface area (Å²) in [4.78, 5) is 30.4. The lowest BCUT2D eigenvalue weighted by Gasteiger charge is -2.23. The number of nitrogens with zero attached hydrogens (tertiary/aromatic N) is 2. The summed E-state index contributed by atoms with van der Waals surface area (Å²) in [6.45, 7) is 0.743. The van der Waals surface area contributed by atoms with E-state index in [0.29, 0.717) is 23.7 Å². The first-order chi connectivity index (χ1) is 11.6. The van der Waals surface area contributed by atoms with Gasteiger partial charge in [-0.25, -0.2) is 9.78 Å². The molecule has 1 aromatic heterocycles. The molecule has 0 unspecified atom stereocenters. The Hall–Kier alpha value is -2.40. The molecule has 0 N–H and O–H groups in total. The maximum atomic E-state index is 12.6. The van der Waals surface area contributed by atoms with E-state index >= 15 is 0 Å². The van der Waals surface area contributed by atoms with Crippen LogP contribution in [-0.4, -0.2) is 34.3 Å². The van der Waals surface area contributed by atoms with E-state index in [4.69, 9.17) is 16.3 Å². The minimum atomic E-state index is -0.545. The van der Waals surface area contributed by atoms with Crippen molar-refractivity contribution in [2.75, 3.05) is 6.54 Å². The number of carbonyl (C=O) groups is 2. The Morgan fingerprint density at radius 2 is 2.00 bits per heavy atom. The molecule has 1 saturated heterocycles. The number of hydrogen-bond acceptors (Lipinski definition) is 4. The number of likely N-dealkylation sites (tertiary alicyclic amines) is 1. The summed E-state index contributed by atoms with van der Waals surface area (Å²) >= 11 is 5.74. The summed E-state index contributed by atoms with van der Waals surface area (Å²) in [6.07, 6.45) is 2.81. The fraction of sp³-hybridized carbons (Fsp3) is 0.278. The van der Waals surface area contributed by atoms with E-state index in [1.54, 1.807) is 17.0 Å². The molecule has 1 aliphatic heterocycles. The number of pyridine rings is 1. The van der Waals surface area contributed by atoms with Gasteiger partial charge in [-0.15, -0.1) is 0 Å². The second-order valence-electron chi connectivity index (χ2n) is 5.62. The molecule has 2 heterocycles. The molecule has 1 atom stereocenters. The van der Waals surface area contributed by atoms with Crippen LogP contribution in [0, 0.1) is 0 Å². The highest BCUT2D eigenvalue weighted by Gasteiger charge is 2.35. The number of ether oxygens (including phenoxy) is 1. The van der Waals surface area contributed by atoms with Crippen LogP contribution in [0.4, 0.5) is 0 Å². The lowest BCUT2D eigenvalue weighted by atomic mass is 10.2. The predicted octanol–water partition coefficient (Wildman–Crippen LogP) is 3.08. The van der Waals surface area contributed by atoms with Crippen molar-refractivity contribution in [1.82, 2.24) is 9.88 Å². The monoisotopic (exact) mass is 344 g/mol. The quantitative estimate of drug-likeness (QED) is 0.631. The summed E-state index contributed by atoms with van der Waals surface area (Å²) in [6, 6.07) is 12.1. The molecule has 0 aliphatic carbocycles. The van der Waals surface area contributed by atoms with Gasteiger partial charge in [0.25, 0.3) is 5.91 Å². The number of rotatable bonds is 4. The topological polar surface area (TPSA) is 59.5 Å². The molecule has 1 fully saturated rings. The van der Waals surface area contributed by atoms with Crippen LogP contribution in [0.25, 0.3) is 0 Å². The second-order valence-corrected chi connectivity index (χ2v) is 6.01. The van der Waals surface area contributed by atoms with Gasteiger partial charge in [-0.1, -0.05) is 41.9 Å². The normalized spacial score (nSPS) is 16.9. The fourth-order valence-corrected chi connectivity index (χ4v) is 2.86. The van der Waals surface area contributed by atoms with Crippen molar-refractivity contribution in [3.8, 4) is 0 Å². The van der Waals surface area contributed by atoms with Crippen molar-refractivity contribution in [3.63, 3.8) is 0 Å². The Morgan fingerprint density at radius 3 is 2.71 bits per heavy atom. The number of amides is 1. The van der Waals surface area contributed by atoms with Crippen LogP contribution in [0.1, 0.15) is 28.8 Å². The van der Waals surface area contributed by atoms with Gasteiger partial charge in [0.2, 0.25) is 0 Å². The Balaban J connectivity index is 1.65. The van der Waals surface area contributed by atoms with Gasteiger partial charge in [0.05, 0.1) is 5.56 Å². The third-order valence-electron chi connectivity index (χ3n) is 3.98. The van der Waals surface area contributed by atoms with Crippen LogP contribution in [0.2, 0.25) is 5.15 Å². The maximum Gasteiger partial charge on any atom is 0.329 e. The number of aromatic nitrogens is 1. The van der Waals surface area contributed by atoms with Gasteiger partial charge in [0.1, 0.15) is 17.8 Å². The third kappa shape index (κ3) is 3.74. The first kappa shape index (κ1) is 16.5. The molecule has 0 radical (unpaired) electrons. The SMILES string of the molecule is O=C(OCc1ccccc1)[C@H]1CCCN1C(=O)c1ccc(Cl)nc1. The summed E-state index contributed by atoms with van der Waals surface area (Å²) in [5.74, 6) is -0.593. The summed E-state index contributed by atoms with van der Waals surface area (Å²) in [5.41, 5.74) is 1.34. The van der Waals surface area contributed by atoms with Gasteiger partial charge in [0, 0.05) is 12.7 Å². The number of esters is 1. The maximum absolute atomic E-state index is 12.6. The summed E-state index contributed by atoms with van der Waals surface area (Å²) in [7, 11) is 0. The van der Waals surface area contributed by atoms with Crippen molar-refractivity contribution in [1.29, 1.82) is 0 Å². The van der Waals surface area contributed by atoms with E-state index in [2.05, 4.69) is 4.98 Å². The van der Waals surface area contributed by atoms with Gasteiger partial charge in [-0.2, -0.15) is 0 Å². The first-order valence-corrected chi connectivity index (χ1v) is 8.16. The van der Waals surface area contributed by atoms with Gasteiger partial charge in [-0.05, 0) is 30.5 Å². The second kappa shape index (κ2) is 7.45. The van der Waals surface area contributed by atoms with Crippen molar-refractivity contribution < 1.29 is 14.3 Å². The van der Waals surface area contributed by atoms with Crippen LogP contribution >= 0.6 is 11.6 Å². The first-order valence-electron chi connectivity index (χ1n) is 7.78. The number of hydrogen-bond donors (Lipinski definition) is 0. The molecule has 3 rings (SSSR count). The predicted molar refractivity (Wildman–Crippen MR) is 89.5 cm³/mol. The number of carbonyl (C=O) groups excluding carboxylic acids is 2. The van der Waals surface area contributed by atoms with Crippen LogP contribution in [0.5, 0.6) is 0 Å². The Morgan fingerprint density at radius 1 is 1.21 bits per heavy atom. The van der Waals surface area contributed by atoms with Gasteiger partial charge in [0.15, 0.2) is 0 Å². The van der Waals surface area contributed by atoms with Crippen LogP contribution in [0.3, 0.4) is 0 Å². The third-order valence-corrected chi connectivity index (χ3v) is 4.21. The highest BCUT2D eigenvalue weighted by atomic mass is 35.5. The Bertz CT molecular complexity index is 719. The molecule has 1 aromatic carbocycles. The molecule has 0 bridgehead atoms. The average molecular weight is 345 g/mol. The largest absolute Gasteiger partial charge is 0.459 e. The van der Waals surface area contributed by atoms with Crippen LogP contribution < -0.4 is 0 Å². The zero-order valence-corrected chi connectivity index (χ0v) is 13.8. The summed E-state index contributed by atoms with van der Waals surface area (Å²) in [5, 5.41) is 0.326. The standard InChI is InChI=1S/C18H17ClN2O3/c19-16-9-8-14(11-20-16)17(22)21-10-4-7-15(21)18(23)24-12-13-5-2-1-3-6-13/h1-3,5-6,8-9,11,15H,4,7,10,12H2/t15-/m1/s1. The molecule has 6 heteroatoms. The van der Waals surface area contributed by atoms with Crippen molar-refractivity contribution in [2.24, 2.45) is 0 Å². The number of benzene rings is 1. The van der Waals surface area contributed by atoms with Crippen molar-refractivity contribution in [2.45, 2.75) is 25.5 Å². The van der Waals surface area contributed by atoms with Crippen molar-refractivity contribution >= 4 is 23.5 Å². The van der Waals surface area contributed by atoms with E-state index in [1.807, 2.05) is 30.3 Å². The molecular formula is C18H17ClN2O3. The number of halogens is 1. The van der Waals surface area contributed by atoms with Gasteiger partial charge in [-0.3, -0.25) is 4.79 Å². The minimum Gasteiger partial charge on any atom is -0.459 e. The molecule has 1 aliphatic rings. The Labute approximate surface area is 145 Å². The molecule has 0 saturated carbocycles. The Kier molecular flexibility index (Phi) is 5.11. The van der Waals surface area contributed by atoms with E-state index in [-0.39, 0.29) is 18.5 Å². The molecule has 5 nitrogen and oxygen atoms in total. The fourth-order valence-electron chi connectivity index (χ4n) is 2.75. The smallest absolute Gasteiger partial charge is 0.329 e. The molecule has 2 aromatic rings. The van der Waals surface area contributed by atoms with Gasteiger partial charge < -0.3 is 9.64 Å². The zero-order valence-electron chi connectivity index (χ0n) is 13.0. The lowest BCUT2D eigenvalue weighted by molar-refractivity contribution is -0.149. The van der Waals surface area contributed by atoms with E-state index < -0.39 is 6.04 Å². The van der Waals surface area contributed by atoms with Crippen molar-refractivity contribution in [3.05, 3.63) is 64.9 Å².